The molecule has 5 nitrogen and oxygen atoms in total. The predicted octanol–water partition coefficient (Wildman–Crippen LogP) is 1.48. The summed E-state index contributed by atoms with van der Waals surface area (Å²) < 4.78 is 33.3. The van der Waals surface area contributed by atoms with E-state index in [2.05, 4.69) is 0 Å². The highest BCUT2D eigenvalue weighted by Gasteiger charge is 2.40. The summed E-state index contributed by atoms with van der Waals surface area (Å²) in [6.07, 6.45) is 4.09. The van der Waals surface area contributed by atoms with Gasteiger partial charge in [0.25, 0.3) is 0 Å². The fraction of sp³-hybridized carbons (Fsp3) is 0.600. The highest BCUT2D eigenvalue weighted by Crippen LogP contribution is 2.32. The van der Waals surface area contributed by atoms with Gasteiger partial charge < -0.3 is 10.5 Å². The quantitative estimate of drug-likeness (QED) is 0.918. The molecule has 1 saturated heterocycles. The number of fused-ring (bicyclic) bond motifs is 1. The van der Waals surface area contributed by atoms with E-state index in [9.17, 15) is 8.42 Å². The lowest BCUT2D eigenvalue weighted by Crippen LogP contribution is -2.54. The van der Waals surface area contributed by atoms with Crippen molar-refractivity contribution in [3.8, 4) is 0 Å². The van der Waals surface area contributed by atoms with E-state index in [0.29, 0.717) is 24.6 Å². The zero-order chi connectivity index (χ0) is 14.9. The zero-order valence-electron chi connectivity index (χ0n) is 12.1. The normalized spacial score (nSPS) is 27.3. The molecule has 2 unspecified atom stereocenters. The largest absolute Gasteiger partial charge is 0.375 e. The lowest BCUT2D eigenvalue weighted by molar-refractivity contribution is -0.0586. The minimum atomic E-state index is -3.47. The summed E-state index contributed by atoms with van der Waals surface area (Å²) >= 11 is 0. The highest BCUT2D eigenvalue weighted by atomic mass is 32.2. The van der Waals surface area contributed by atoms with Gasteiger partial charge in [-0.3, -0.25) is 0 Å². The molecule has 1 aliphatic heterocycles. The Labute approximate surface area is 126 Å². The van der Waals surface area contributed by atoms with Gasteiger partial charge >= 0.3 is 0 Å². The summed E-state index contributed by atoms with van der Waals surface area (Å²) in [6, 6.07) is 6.93. The standard InChI is InChI=1S/C15H22N2O3S/c16-11-12-4-3-5-13(10-12)21(18,19)17-8-9-20-15-7-2-1-6-14(15)17/h3-5,10,14-15H,1-2,6-9,11,16H2. The number of morpholine rings is 1. The van der Waals surface area contributed by atoms with Gasteiger partial charge in [-0.2, -0.15) is 4.31 Å². The highest BCUT2D eigenvalue weighted by molar-refractivity contribution is 7.89. The molecule has 2 aliphatic rings. The summed E-state index contributed by atoms with van der Waals surface area (Å²) in [5, 5.41) is 0. The van der Waals surface area contributed by atoms with Gasteiger partial charge in [-0.25, -0.2) is 8.42 Å². The Kier molecular flexibility index (Phi) is 4.31. The van der Waals surface area contributed by atoms with Gasteiger partial charge in [-0.15, -0.1) is 0 Å². The third-order valence-corrected chi connectivity index (χ3v) is 6.34. The Bertz CT molecular complexity index is 601. The van der Waals surface area contributed by atoms with Crippen LogP contribution in [0.2, 0.25) is 0 Å². The van der Waals surface area contributed by atoms with E-state index in [0.717, 1.165) is 31.2 Å². The maximum atomic E-state index is 12.9. The molecule has 0 amide bonds. The average molecular weight is 310 g/mol. The average Bonchev–Trinajstić information content (AvgIpc) is 2.54. The number of nitrogens with two attached hydrogens (primary N) is 1. The van der Waals surface area contributed by atoms with Crippen LogP contribution in [0.1, 0.15) is 31.2 Å². The first kappa shape index (κ1) is 15.0. The molecule has 1 heterocycles. The van der Waals surface area contributed by atoms with Gasteiger partial charge in [0, 0.05) is 13.1 Å². The molecule has 0 bridgehead atoms. The molecular weight excluding hydrogens is 288 g/mol. The molecular formula is C15H22N2O3S. The van der Waals surface area contributed by atoms with Crippen molar-refractivity contribution in [3.63, 3.8) is 0 Å². The second-order valence-electron chi connectivity index (χ2n) is 5.73. The molecule has 0 radical (unpaired) electrons. The molecule has 0 aromatic heterocycles. The van der Waals surface area contributed by atoms with E-state index in [1.807, 2.05) is 6.07 Å². The van der Waals surface area contributed by atoms with Gasteiger partial charge in [0.1, 0.15) is 0 Å². The number of rotatable bonds is 3. The fourth-order valence-electron chi connectivity index (χ4n) is 3.33. The zero-order valence-corrected chi connectivity index (χ0v) is 12.9. The Hall–Kier alpha value is -0.950. The number of sulfonamides is 1. The summed E-state index contributed by atoms with van der Waals surface area (Å²) in [4.78, 5) is 0.344. The minimum Gasteiger partial charge on any atom is -0.375 e. The Morgan fingerprint density at radius 1 is 1.29 bits per heavy atom. The molecule has 6 heteroatoms. The van der Waals surface area contributed by atoms with Gasteiger partial charge in [-0.1, -0.05) is 25.0 Å². The molecule has 1 aromatic carbocycles. The van der Waals surface area contributed by atoms with Gasteiger partial charge in [0.15, 0.2) is 0 Å². The number of hydrogen-bond donors (Lipinski definition) is 1. The van der Waals surface area contributed by atoms with Gasteiger partial charge in [-0.05, 0) is 30.5 Å². The number of ether oxygens (including phenoxy) is 1. The molecule has 2 N–H and O–H groups in total. The van der Waals surface area contributed by atoms with Crippen LogP contribution >= 0.6 is 0 Å². The molecule has 0 spiro atoms. The molecule has 116 valence electrons. The maximum Gasteiger partial charge on any atom is 0.243 e. The van der Waals surface area contributed by atoms with Gasteiger partial charge in [0.2, 0.25) is 10.0 Å². The van der Waals surface area contributed by atoms with E-state index in [1.54, 1.807) is 22.5 Å². The second-order valence-corrected chi connectivity index (χ2v) is 7.62. The minimum absolute atomic E-state index is 0.0148. The smallest absolute Gasteiger partial charge is 0.243 e. The van der Waals surface area contributed by atoms with E-state index < -0.39 is 10.0 Å². The molecule has 1 saturated carbocycles. The number of benzene rings is 1. The van der Waals surface area contributed by atoms with Crippen molar-refractivity contribution in [2.24, 2.45) is 5.73 Å². The van der Waals surface area contributed by atoms with Crippen molar-refractivity contribution in [1.29, 1.82) is 0 Å². The summed E-state index contributed by atoms with van der Waals surface area (Å²) in [6.45, 7) is 1.27. The first-order valence-corrected chi connectivity index (χ1v) is 8.99. The molecule has 1 aliphatic carbocycles. The van der Waals surface area contributed by atoms with Crippen LogP contribution in [0.4, 0.5) is 0 Å². The Morgan fingerprint density at radius 2 is 2.10 bits per heavy atom. The first-order chi connectivity index (χ1) is 10.1. The monoisotopic (exact) mass is 310 g/mol. The summed E-state index contributed by atoms with van der Waals surface area (Å²) in [5.41, 5.74) is 6.46. The lowest BCUT2D eigenvalue weighted by atomic mass is 9.91. The van der Waals surface area contributed by atoms with Gasteiger partial charge in [0.05, 0.1) is 23.6 Å². The third kappa shape index (κ3) is 2.85. The Balaban J connectivity index is 1.92. The fourth-order valence-corrected chi connectivity index (χ4v) is 5.06. The molecule has 2 fully saturated rings. The van der Waals surface area contributed by atoms with Crippen molar-refractivity contribution in [1.82, 2.24) is 4.31 Å². The van der Waals surface area contributed by atoms with E-state index >= 15 is 0 Å². The van der Waals surface area contributed by atoms with E-state index in [1.165, 1.54) is 0 Å². The van der Waals surface area contributed by atoms with Crippen LogP contribution in [-0.4, -0.2) is 38.0 Å². The molecule has 2 atom stereocenters. The molecule has 21 heavy (non-hydrogen) atoms. The van der Waals surface area contributed by atoms with E-state index in [4.69, 9.17) is 10.5 Å². The second kappa shape index (κ2) is 6.04. The van der Waals surface area contributed by atoms with Crippen LogP contribution < -0.4 is 5.73 Å². The maximum absolute atomic E-state index is 12.9. The number of nitrogens with zero attached hydrogens (tertiary/aromatic N) is 1. The van der Waals surface area contributed by atoms with Crippen LogP contribution in [-0.2, 0) is 21.3 Å². The molecule has 3 rings (SSSR count). The van der Waals surface area contributed by atoms with Crippen LogP contribution in [0.25, 0.3) is 0 Å². The first-order valence-electron chi connectivity index (χ1n) is 7.55. The van der Waals surface area contributed by atoms with Crippen LogP contribution in [0.3, 0.4) is 0 Å². The topological polar surface area (TPSA) is 72.6 Å². The van der Waals surface area contributed by atoms with Crippen molar-refractivity contribution < 1.29 is 13.2 Å². The Morgan fingerprint density at radius 3 is 2.90 bits per heavy atom. The van der Waals surface area contributed by atoms with Crippen molar-refractivity contribution in [2.75, 3.05) is 13.2 Å². The van der Waals surface area contributed by atoms with Crippen molar-refractivity contribution in [2.45, 2.75) is 49.3 Å². The van der Waals surface area contributed by atoms with Crippen molar-refractivity contribution in [3.05, 3.63) is 29.8 Å². The van der Waals surface area contributed by atoms with E-state index in [-0.39, 0.29) is 12.1 Å². The van der Waals surface area contributed by atoms with Crippen LogP contribution in [0.5, 0.6) is 0 Å². The van der Waals surface area contributed by atoms with Crippen LogP contribution in [0, 0.1) is 0 Å². The number of hydrogen-bond acceptors (Lipinski definition) is 4. The molecule has 1 aromatic rings. The van der Waals surface area contributed by atoms with Crippen LogP contribution in [0.15, 0.2) is 29.2 Å². The third-order valence-electron chi connectivity index (χ3n) is 4.42. The lowest BCUT2D eigenvalue weighted by Gasteiger charge is -2.42. The summed E-state index contributed by atoms with van der Waals surface area (Å²) in [5.74, 6) is 0. The van der Waals surface area contributed by atoms with Crippen molar-refractivity contribution >= 4 is 10.0 Å². The SMILES string of the molecule is NCc1cccc(S(=O)(=O)N2CCOC3CCCCC32)c1. The summed E-state index contributed by atoms with van der Waals surface area (Å²) in [7, 11) is -3.47. The predicted molar refractivity (Wildman–Crippen MR) is 80.2 cm³/mol.